The van der Waals surface area contributed by atoms with Crippen LogP contribution in [0.4, 0.5) is 0 Å². The number of methoxy groups -OCH3 is 1. The van der Waals surface area contributed by atoms with Crippen LogP contribution in [0, 0.1) is 5.92 Å². The third-order valence-corrected chi connectivity index (χ3v) is 5.85. The first kappa shape index (κ1) is 16.5. The molecular formula is C18H23BrN2O2. The molecule has 1 aliphatic rings. The number of carbonyl (C=O) groups excluding carboxylic acids is 1. The fourth-order valence-corrected chi connectivity index (χ4v) is 4.18. The SMILES string of the molecule is CC[C@H]1CC[C@H](c2nc3cc(C(=O)OC)c(Br)cc3n2C)CC1. The van der Waals surface area contributed by atoms with Gasteiger partial charge >= 0.3 is 5.97 Å². The lowest BCUT2D eigenvalue weighted by atomic mass is 9.80. The molecule has 0 amide bonds. The fraction of sp³-hybridized carbons (Fsp3) is 0.556. The van der Waals surface area contributed by atoms with E-state index in [-0.39, 0.29) is 5.97 Å². The van der Waals surface area contributed by atoms with Gasteiger partial charge in [-0.05, 0) is 59.7 Å². The number of hydrogen-bond donors (Lipinski definition) is 0. The lowest BCUT2D eigenvalue weighted by molar-refractivity contribution is 0.0600. The van der Waals surface area contributed by atoms with Gasteiger partial charge in [-0.1, -0.05) is 13.3 Å². The van der Waals surface area contributed by atoms with Crippen molar-refractivity contribution in [2.75, 3.05) is 7.11 Å². The highest BCUT2D eigenvalue weighted by atomic mass is 79.9. The molecular weight excluding hydrogens is 356 g/mol. The van der Waals surface area contributed by atoms with Crippen molar-refractivity contribution in [3.63, 3.8) is 0 Å². The standard InChI is InChI=1S/C18H23BrN2O2/c1-4-11-5-7-12(8-6-11)17-20-15-9-13(18(22)23-3)14(19)10-16(15)21(17)2/h9-12H,4-8H2,1-3H3/t11-,12-. The summed E-state index contributed by atoms with van der Waals surface area (Å²) in [5, 5.41) is 0. The van der Waals surface area contributed by atoms with Crippen LogP contribution in [0.15, 0.2) is 16.6 Å². The van der Waals surface area contributed by atoms with Crippen LogP contribution in [0.3, 0.4) is 0 Å². The molecule has 0 spiro atoms. The van der Waals surface area contributed by atoms with E-state index < -0.39 is 0 Å². The van der Waals surface area contributed by atoms with Gasteiger partial charge in [-0.3, -0.25) is 0 Å². The smallest absolute Gasteiger partial charge is 0.339 e. The van der Waals surface area contributed by atoms with Gasteiger partial charge in [0.25, 0.3) is 0 Å². The van der Waals surface area contributed by atoms with Crippen molar-refractivity contribution >= 4 is 32.9 Å². The van der Waals surface area contributed by atoms with E-state index in [1.165, 1.54) is 39.2 Å². The molecule has 4 nitrogen and oxygen atoms in total. The van der Waals surface area contributed by atoms with Gasteiger partial charge < -0.3 is 9.30 Å². The third-order valence-electron chi connectivity index (χ3n) is 5.20. The monoisotopic (exact) mass is 378 g/mol. The Morgan fingerprint density at radius 1 is 1.35 bits per heavy atom. The van der Waals surface area contributed by atoms with E-state index in [1.807, 2.05) is 12.1 Å². The Morgan fingerprint density at radius 3 is 2.65 bits per heavy atom. The Bertz CT molecular complexity index is 730. The maximum absolute atomic E-state index is 11.9. The second kappa shape index (κ2) is 6.63. The van der Waals surface area contributed by atoms with Crippen LogP contribution in [-0.2, 0) is 11.8 Å². The van der Waals surface area contributed by atoms with E-state index in [2.05, 4.69) is 34.5 Å². The maximum atomic E-state index is 11.9. The van der Waals surface area contributed by atoms with Gasteiger partial charge in [-0.2, -0.15) is 0 Å². The molecule has 0 unspecified atom stereocenters. The van der Waals surface area contributed by atoms with Crippen molar-refractivity contribution in [1.82, 2.24) is 9.55 Å². The minimum absolute atomic E-state index is 0.338. The molecule has 1 aromatic heterocycles. The lowest BCUT2D eigenvalue weighted by Crippen LogP contribution is -2.15. The topological polar surface area (TPSA) is 44.1 Å². The summed E-state index contributed by atoms with van der Waals surface area (Å²) in [4.78, 5) is 16.7. The van der Waals surface area contributed by atoms with Gasteiger partial charge in [0, 0.05) is 17.4 Å². The molecule has 5 heteroatoms. The van der Waals surface area contributed by atoms with E-state index in [9.17, 15) is 4.79 Å². The second-order valence-corrected chi connectivity index (χ2v) is 7.32. The molecule has 0 saturated heterocycles. The molecule has 0 N–H and O–H groups in total. The van der Waals surface area contributed by atoms with Crippen LogP contribution in [0.2, 0.25) is 0 Å². The first-order valence-electron chi connectivity index (χ1n) is 8.29. The molecule has 23 heavy (non-hydrogen) atoms. The van der Waals surface area contributed by atoms with Gasteiger partial charge in [-0.15, -0.1) is 0 Å². The minimum Gasteiger partial charge on any atom is -0.465 e. The van der Waals surface area contributed by atoms with Crippen LogP contribution in [0.25, 0.3) is 11.0 Å². The van der Waals surface area contributed by atoms with Crippen LogP contribution in [0.5, 0.6) is 0 Å². The Labute approximate surface area is 145 Å². The summed E-state index contributed by atoms with van der Waals surface area (Å²) in [5.41, 5.74) is 2.44. The molecule has 124 valence electrons. The highest BCUT2D eigenvalue weighted by molar-refractivity contribution is 9.10. The molecule has 0 bridgehead atoms. The summed E-state index contributed by atoms with van der Waals surface area (Å²) in [6.07, 6.45) is 6.29. The maximum Gasteiger partial charge on any atom is 0.339 e. The zero-order valence-corrected chi connectivity index (χ0v) is 15.5. The summed E-state index contributed by atoms with van der Waals surface area (Å²) >= 11 is 3.47. The Morgan fingerprint density at radius 2 is 2.04 bits per heavy atom. The van der Waals surface area contributed by atoms with Gasteiger partial charge in [0.05, 0.1) is 23.7 Å². The number of halogens is 1. The number of carbonyl (C=O) groups is 1. The van der Waals surface area contributed by atoms with Crippen molar-refractivity contribution in [2.24, 2.45) is 13.0 Å². The van der Waals surface area contributed by atoms with Gasteiger partial charge in [0.15, 0.2) is 0 Å². The first-order chi connectivity index (χ1) is 11.0. The average molecular weight is 379 g/mol. The van der Waals surface area contributed by atoms with Crippen molar-refractivity contribution in [1.29, 1.82) is 0 Å². The van der Waals surface area contributed by atoms with E-state index in [0.29, 0.717) is 11.5 Å². The number of benzene rings is 1. The van der Waals surface area contributed by atoms with Crippen LogP contribution < -0.4 is 0 Å². The third kappa shape index (κ3) is 3.03. The Kier molecular flexibility index (Phi) is 4.76. The van der Waals surface area contributed by atoms with Crippen molar-refractivity contribution in [2.45, 2.75) is 44.9 Å². The highest BCUT2D eigenvalue weighted by Gasteiger charge is 2.25. The second-order valence-electron chi connectivity index (χ2n) is 6.47. The Hall–Kier alpha value is -1.36. The first-order valence-corrected chi connectivity index (χ1v) is 9.08. The zero-order valence-electron chi connectivity index (χ0n) is 13.9. The number of aromatic nitrogens is 2. The van der Waals surface area contributed by atoms with Crippen molar-refractivity contribution < 1.29 is 9.53 Å². The van der Waals surface area contributed by atoms with Crippen molar-refractivity contribution in [3.05, 3.63) is 28.0 Å². The zero-order chi connectivity index (χ0) is 16.6. The Balaban J connectivity index is 1.97. The van der Waals surface area contributed by atoms with Crippen LogP contribution in [0.1, 0.15) is 61.1 Å². The van der Waals surface area contributed by atoms with Crippen LogP contribution >= 0.6 is 15.9 Å². The number of aryl methyl sites for hydroxylation is 1. The molecule has 1 heterocycles. The van der Waals surface area contributed by atoms with Gasteiger partial charge in [0.2, 0.25) is 0 Å². The summed E-state index contributed by atoms with van der Waals surface area (Å²) in [6, 6.07) is 3.79. The molecule has 1 aliphatic carbocycles. The van der Waals surface area contributed by atoms with E-state index >= 15 is 0 Å². The summed E-state index contributed by atoms with van der Waals surface area (Å²) in [6.45, 7) is 2.28. The lowest BCUT2D eigenvalue weighted by Gasteiger charge is -2.27. The number of fused-ring (bicyclic) bond motifs is 1. The molecule has 1 saturated carbocycles. The fourth-order valence-electron chi connectivity index (χ4n) is 3.69. The number of hydrogen-bond acceptors (Lipinski definition) is 3. The normalized spacial score (nSPS) is 21.6. The molecule has 0 atom stereocenters. The number of rotatable bonds is 3. The molecule has 1 fully saturated rings. The predicted octanol–water partition coefficient (Wildman–Crippen LogP) is 4.81. The van der Waals surface area contributed by atoms with Gasteiger partial charge in [-0.25, -0.2) is 9.78 Å². The summed E-state index contributed by atoms with van der Waals surface area (Å²) in [5.74, 6) is 2.20. The predicted molar refractivity (Wildman–Crippen MR) is 94.7 cm³/mol. The number of ether oxygens (including phenoxy) is 1. The molecule has 1 aromatic carbocycles. The van der Waals surface area contributed by atoms with E-state index in [4.69, 9.17) is 9.72 Å². The minimum atomic E-state index is -0.338. The number of imidazole rings is 1. The number of esters is 1. The van der Waals surface area contributed by atoms with Crippen molar-refractivity contribution in [3.8, 4) is 0 Å². The molecule has 3 rings (SSSR count). The summed E-state index contributed by atoms with van der Waals surface area (Å²) in [7, 11) is 3.47. The highest BCUT2D eigenvalue weighted by Crippen LogP contribution is 2.38. The summed E-state index contributed by atoms with van der Waals surface area (Å²) < 4.78 is 7.77. The molecule has 2 aromatic rings. The average Bonchev–Trinajstić information content (AvgIpc) is 2.90. The van der Waals surface area contributed by atoms with Gasteiger partial charge in [0.1, 0.15) is 5.82 Å². The molecule has 0 radical (unpaired) electrons. The largest absolute Gasteiger partial charge is 0.465 e. The quantitative estimate of drug-likeness (QED) is 0.719. The van der Waals surface area contributed by atoms with Crippen LogP contribution in [-0.4, -0.2) is 22.6 Å². The van der Waals surface area contributed by atoms with E-state index in [1.54, 1.807) is 0 Å². The number of nitrogens with zero attached hydrogens (tertiary/aromatic N) is 2. The van der Waals surface area contributed by atoms with E-state index in [0.717, 1.165) is 27.2 Å². The molecule has 0 aliphatic heterocycles.